The van der Waals surface area contributed by atoms with Crippen LogP contribution in [-0.4, -0.2) is 65.9 Å². The van der Waals surface area contributed by atoms with E-state index in [4.69, 9.17) is 0 Å². The molecule has 2 saturated heterocycles. The van der Waals surface area contributed by atoms with Crippen LogP contribution in [0.1, 0.15) is 12.0 Å². The van der Waals surface area contributed by atoms with E-state index in [1.807, 2.05) is 40.1 Å². The second kappa shape index (κ2) is 8.42. The lowest BCUT2D eigenvalue weighted by Gasteiger charge is -2.37. The van der Waals surface area contributed by atoms with Gasteiger partial charge in [0, 0.05) is 63.8 Å². The zero-order valence-electron chi connectivity index (χ0n) is 16.0. The molecule has 0 saturated carbocycles. The van der Waals surface area contributed by atoms with Crippen molar-refractivity contribution < 1.29 is 9.59 Å². The highest BCUT2D eigenvalue weighted by molar-refractivity contribution is 5.89. The highest BCUT2D eigenvalue weighted by Gasteiger charge is 2.37. The normalized spacial score (nSPS) is 19.9. The van der Waals surface area contributed by atoms with E-state index in [-0.39, 0.29) is 17.7 Å². The lowest BCUT2D eigenvalue weighted by atomic mass is 10.1. The van der Waals surface area contributed by atoms with Crippen molar-refractivity contribution in [1.29, 1.82) is 0 Å². The molecule has 6 nitrogen and oxygen atoms in total. The van der Waals surface area contributed by atoms with Crippen LogP contribution in [0.5, 0.6) is 0 Å². The van der Waals surface area contributed by atoms with Gasteiger partial charge in [0.25, 0.3) is 0 Å². The molecule has 1 atom stereocenters. The summed E-state index contributed by atoms with van der Waals surface area (Å²) in [4.78, 5) is 35.4. The minimum absolute atomic E-state index is 0.102. The predicted molar refractivity (Wildman–Crippen MR) is 108 cm³/mol. The number of carbonyl (C=O) groups excluding carboxylic acids is 2. The molecule has 2 aromatic rings. The Morgan fingerprint density at radius 3 is 2.43 bits per heavy atom. The summed E-state index contributed by atoms with van der Waals surface area (Å²) in [5.74, 6) is 0.0328. The monoisotopic (exact) mass is 378 g/mol. The first kappa shape index (κ1) is 18.5. The minimum atomic E-state index is -0.198. The number of aromatic nitrogens is 1. The van der Waals surface area contributed by atoms with Crippen LogP contribution in [0, 0.1) is 5.92 Å². The van der Waals surface area contributed by atoms with Crippen molar-refractivity contribution in [2.24, 2.45) is 5.92 Å². The van der Waals surface area contributed by atoms with Gasteiger partial charge in [0.05, 0.1) is 5.92 Å². The van der Waals surface area contributed by atoms with Gasteiger partial charge in [-0.2, -0.15) is 0 Å². The van der Waals surface area contributed by atoms with E-state index in [1.165, 1.54) is 5.56 Å². The highest BCUT2D eigenvalue weighted by atomic mass is 16.2. The summed E-state index contributed by atoms with van der Waals surface area (Å²) in [6.45, 7) is 4.27. The molecule has 6 heteroatoms. The number of hydrogen-bond donors (Lipinski definition) is 0. The third-order valence-electron chi connectivity index (χ3n) is 5.70. The van der Waals surface area contributed by atoms with Crippen molar-refractivity contribution in [2.75, 3.05) is 44.2 Å². The van der Waals surface area contributed by atoms with Crippen molar-refractivity contribution in [3.8, 4) is 0 Å². The first-order valence-corrected chi connectivity index (χ1v) is 9.96. The molecule has 1 aromatic heterocycles. The van der Waals surface area contributed by atoms with E-state index in [2.05, 4.69) is 22.0 Å². The molecule has 146 valence electrons. The number of hydrogen-bond acceptors (Lipinski definition) is 4. The fourth-order valence-electron chi connectivity index (χ4n) is 4.06. The number of likely N-dealkylation sites (tertiary alicyclic amines) is 1. The number of piperazine rings is 1. The smallest absolute Gasteiger partial charge is 0.228 e. The second-order valence-electron chi connectivity index (χ2n) is 7.49. The quantitative estimate of drug-likeness (QED) is 0.796. The van der Waals surface area contributed by atoms with Gasteiger partial charge >= 0.3 is 0 Å². The third-order valence-corrected chi connectivity index (χ3v) is 5.70. The van der Waals surface area contributed by atoms with Crippen LogP contribution in [0.4, 0.5) is 5.69 Å². The molecular formula is C22H26N4O2. The van der Waals surface area contributed by atoms with Gasteiger partial charge in [-0.1, -0.05) is 30.3 Å². The van der Waals surface area contributed by atoms with Crippen LogP contribution in [0.25, 0.3) is 0 Å². The van der Waals surface area contributed by atoms with Gasteiger partial charge in [0.2, 0.25) is 11.8 Å². The van der Waals surface area contributed by atoms with Crippen LogP contribution < -0.4 is 4.90 Å². The maximum Gasteiger partial charge on any atom is 0.228 e. The largest absolute Gasteiger partial charge is 0.368 e. The third kappa shape index (κ3) is 4.16. The summed E-state index contributed by atoms with van der Waals surface area (Å²) in [7, 11) is 0. The Morgan fingerprint density at radius 2 is 1.71 bits per heavy atom. The molecule has 0 spiro atoms. The Bertz CT molecular complexity index is 804. The molecule has 0 aliphatic carbocycles. The Hall–Kier alpha value is -2.89. The molecule has 4 rings (SSSR count). The van der Waals surface area contributed by atoms with Crippen LogP contribution in [0.3, 0.4) is 0 Å². The fourth-order valence-corrected chi connectivity index (χ4v) is 4.06. The fraction of sp³-hybridized carbons (Fsp3) is 0.409. The van der Waals surface area contributed by atoms with Crippen molar-refractivity contribution in [3.63, 3.8) is 0 Å². The van der Waals surface area contributed by atoms with E-state index >= 15 is 0 Å². The number of anilines is 1. The van der Waals surface area contributed by atoms with Gasteiger partial charge in [0.15, 0.2) is 0 Å². The van der Waals surface area contributed by atoms with Crippen LogP contribution in [0.15, 0.2) is 54.9 Å². The van der Waals surface area contributed by atoms with Gasteiger partial charge in [-0.05, 0) is 24.1 Å². The summed E-state index contributed by atoms with van der Waals surface area (Å²) >= 11 is 0. The van der Waals surface area contributed by atoms with Crippen LogP contribution >= 0.6 is 0 Å². The van der Waals surface area contributed by atoms with Crippen molar-refractivity contribution in [1.82, 2.24) is 14.8 Å². The zero-order valence-corrected chi connectivity index (χ0v) is 16.0. The summed E-state index contributed by atoms with van der Waals surface area (Å²) in [5.41, 5.74) is 2.36. The molecule has 0 radical (unpaired) electrons. The summed E-state index contributed by atoms with van der Waals surface area (Å²) in [6.07, 6.45) is 4.76. The predicted octanol–water partition coefficient (Wildman–Crippen LogP) is 1.82. The maximum atomic E-state index is 12.9. The van der Waals surface area contributed by atoms with Gasteiger partial charge < -0.3 is 14.7 Å². The van der Waals surface area contributed by atoms with E-state index in [1.54, 1.807) is 12.4 Å². The molecule has 2 aliphatic rings. The molecule has 0 bridgehead atoms. The van der Waals surface area contributed by atoms with Crippen LogP contribution in [-0.2, 0) is 16.0 Å². The average Bonchev–Trinajstić information content (AvgIpc) is 3.14. The lowest BCUT2D eigenvalue weighted by molar-refractivity contribution is -0.136. The van der Waals surface area contributed by atoms with Crippen LogP contribution in [0.2, 0.25) is 0 Å². The number of pyridine rings is 1. The molecule has 0 N–H and O–H groups in total. The SMILES string of the molecule is O=C1CC(C(=O)N2CCN(c3ccncc3)CC2)CN1CCc1ccccc1. The van der Waals surface area contributed by atoms with E-state index in [0.29, 0.717) is 32.6 Å². The molecule has 2 aliphatic heterocycles. The topological polar surface area (TPSA) is 56.8 Å². The van der Waals surface area contributed by atoms with E-state index < -0.39 is 0 Å². The average molecular weight is 378 g/mol. The molecule has 1 unspecified atom stereocenters. The Morgan fingerprint density at radius 1 is 1.00 bits per heavy atom. The second-order valence-corrected chi connectivity index (χ2v) is 7.49. The van der Waals surface area contributed by atoms with Gasteiger partial charge in [-0.3, -0.25) is 14.6 Å². The lowest BCUT2D eigenvalue weighted by Crippen LogP contribution is -2.50. The van der Waals surface area contributed by atoms with Crippen molar-refractivity contribution in [3.05, 3.63) is 60.4 Å². The Labute approximate surface area is 165 Å². The summed E-state index contributed by atoms with van der Waals surface area (Å²) in [5, 5.41) is 0. The first-order chi connectivity index (χ1) is 13.7. The standard InChI is InChI=1S/C22H26N4O2/c27-21-16-19(17-26(21)11-8-18-4-2-1-3-5-18)22(28)25-14-12-24(13-15-25)20-6-9-23-10-7-20/h1-7,9-10,19H,8,11-17H2. The number of nitrogens with zero attached hydrogens (tertiary/aromatic N) is 4. The summed E-state index contributed by atoms with van der Waals surface area (Å²) in [6, 6.07) is 14.2. The van der Waals surface area contributed by atoms with E-state index in [9.17, 15) is 9.59 Å². The van der Waals surface area contributed by atoms with E-state index in [0.717, 1.165) is 25.2 Å². The first-order valence-electron chi connectivity index (χ1n) is 9.96. The maximum absolute atomic E-state index is 12.9. The highest BCUT2D eigenvalue weighted by Crippen LogP contribution is 2.22. The molecule has 1 aromatic carbocycles. The van der Waals surface area contributed by atoms with Crippen molar-refractivity contribution >= 4 is 17.5 Å². The number of amides is 2. The Balaban J connectivity index is 1.28. The number of benzene rings is 1. The molecule has 28 heavy (non-hydrogen) atoms. The number of carbonyl (C=O) groups is 2. The van der Waals surface area contributed by atoms with Crippen molar-refractivity contribution in [2.45, 2.75) is 12.8 Å². The zero-order chi connectivity index (χ0) is 19.3. The summed E-state index contributed by atoms with van der Waals surface area (Å²) < 4.78 is 0. The molecular weight excluding hydrogens is 352 g/mol. The van der Waals surface area contributed by atoms with Gasteiger partial charge in [-0.15, -0.1) is 0 Å². The molecule has 2 fully saturated rings. The molecule has 2 amide bonds. The van der Waals surface area contributed by atoms with Gasteiger partial charge in [0.1, 0.15) is 0 Å². The van der Waals surface area contributed by atoms with Gasteiger partial charge in [-0.25, -0.2) is 0 Å². The number of rotatable bonds is 5. The molecule has 3 heterocycles. The Kier molecular flexibility index (Phi) is 5.55. The minimum Gasteiger partial charge on any atom is -0.368 e.